The fourth-order valence-electron chi connectivity index (χ4n) is 1.70. The largest absolute Gasteiger partial charge is 0.461 e. The van der Waals surface area contributed by atoms with E-state index in [0.717, 1.165) is 0 Å². The number of esters is 1. The molecule has 0 aromatic carbocycles. The summed E-state index contributed by atoms with van der Waals surface area (Å²) in [6.45, 7) is 6.13. The molecule has 2 rings (SSSR count). The van der Waals surface area contributed by atoms with Crippen molar-refractivity contribution in [1.29, 1.82) is 0 Å². The predicted molar refractivity (Wildman–Crippen MR) is 60.1 cm³/mol. The van der Waals surface area contributed by atoms with Crippen LogP contribution in [0.4, 0.5) is 6.01 Å². The third-order valence-electron chi connectivity index (χ3n) is 2.49. The quantitative estimate of drug-likeness (QED) is 0.736. The van der Waals surface area contributed by atoms with Crippen LogP contribution in [0.25, 0.3) is 0 Å². The summed E-state index contributed by atoms with van der Waals surface area (Å²) in [5.41, 5.74) is 0.209. The highest BCUT2D eigenvalue weighted by atomic mass is 16.5. The molecule has 0 amide bonds. The van der Waals surface area contributed by atoms with Gasteiger partial charge in [0.1, 0.15) is 6.26 Å². The van der Waals surface area contributed by atoms with E-state index in [9.17, 15) is 4.79 Å². The number of carbonyl (C=O) groups is 1. The van der Waals surface area contributed by atoms with Gasteiger partial charge in [0.05, 0.1) is 19.3 Å². The lowest BCUT2D eigenvalue weighted by molar-refractivity contribution is 0.0513. The number of oxazole rings is 1. The Morgan fingerprint density at radius 1 is 1.71 bits per heavy atom. The molecular weight excluding hydrogens is 224 g/mol. The van der Waals surface area contributed by atoms with E-state index in [1.54, 1.807) is 6.92 Å². The lowest BCUT2D eigenvalue weighted by atomic mass is 10.3. The maximum Gasteiger partial charge on any atom is 0.360 e. The predicted octanol–water partition coefficient (Wildman–Crippen LogP) is 1.08. The number of hydrogen-bond donors (Lipinski definition) is 0. The number of aromatic nitrogens is 1. The van der Waals surface area contributed by atoms with Crippen LogP contribution in [-0.2, 0) is 9.47 Å². The van der Waals surface area contributed by atoms with Gasteiger partial charge in [0, 0.05) is 13.1 Å². The maximum absolute atomic E-state index is 11.4. The van der Waals surface area contributed by atoms with Gasteiger partial charge in [-0.25, -0.2) is 4.79 Å². The fourth-order valence-corrected chi connectivity index (χ4v) is 1.70. The number of anilines is 1. The first-order valence-corrected chi connectivity index (χ1v) is 5.70. The van der Waals surface area contributed by atoms with Gasteiger partial charge in [0.15, 0.2) is 5.69 Å². The van der Waals surface area contributed by atoms with Crippen molar-refractivity contribution in [3.05, 3.63) is 12.0 Å². The Kier molecular flexibility index (Phi) is 3.63. The maximum atomic E-state index is 11.4. The summed E-state index contributed by atoms with van der Waals surface area (Å²) in [7, 11) is 0. The highest BCUT2D eigenvalue weighted by molar-refractivity contribution is 5.87. The highest BCUT2D eigenvalue weighted by Gasteiger charge is 2.22. The molecule has 1 aromatic rings. The molecule has 94 valence electrons. The molecule has 1 saturated heterocycles. The van der Waals surface area contributed by atoms with Gasteiger partial charge in [-0.3, -0.25) is 0 Å². The zero-order chi connectivity index (χ0) is 12.3. The second kappa shape index (κ2) is 5.18. The summed E-state index contributed by atoms with van der Waals surface area (Å²) in [6, 6.07) is 0.447. The third kappa shape index (κ3) is 2.76. The summed E-state index contributed by atoms with van der Waals surface area (Å²) in [5.74, 6) is -0.455. The Morgan fingerprint density at radius 2 is 2.53 bits per heavy atom. The average molecular weight is 240 g/mol. The molecule has 17 heavy (non-hydrogen) atoms. The molecule has 1 fully saturated rings. The molecule has 1 unspecified atom stereocenters. The minimum atomic E-state index is -0.455. The van der Waals surface area contributed by atoms with Gasteiger partial charge >= 0.3 is 5.97 Å². The zero-order valence-electron chi connectivity index (χ0n) is 10.0. The van der Waals surface area contributed by atoms with E-state index in [-0.39, 0.29) is 11.8 Å². The van der Waals surface area contributed by atoms with Gasteiger partial charge in [-0.1, -0.05) is 0 Å². The topological polar surface area (TPSA) is 64.8 Å². The van der Waals surface area contributed by atoms with Crippen molar-refractivity contribution in [1.82, 2.24) is 4.98 Å². The van der Waals surface area contributed by atoms with Crippen molar-refractivity contribution < 1.29 is 18.7 Å². The molecule has 0 radical (unpaired) electrons. The van der Waals surface area contributed by atoms with E-state index in [1.807, 2.05) is 11.8 Å². The second-order valence-corrected chi connectivity index (χ2v) is 3.86. The molecule has 1 aromatic heterocycles. The van der Waals surface area contributed by atoms with E-state index in [2.05, 4.69) is 4.98 Å². The van der Waals surface area contributed by atoms with E-state index < -0.39 is 5.97 Å². The Labute approximate surface area is 99.5 Å². The lowest BCUT2D eigenvalue weighted by Crippen LogP contribution is -2.41. The van der Waals surface area contributed by atoms with E-state index in [4.69, 9.17) is 13.9 Å². The van der Waals surface area contributed by atoms with E-state index in [0.29, 0.717) is 32.3 Å². The first kappa shape index (κ1) is 11.9. The molecule has 0 N–H and O–H groups in total. The van der Waals surface area contributed by atoms with E-state index in [1.165, 1.54) is 6.26 Å². The summed E-state index contributed by atoms with van der Waals surface area (Å²) in [5, 5.41) is 0. The molecule has 2 heterocycles. The third-order valence-corrected chi connectivity index (χ3v) is 2.49. The number of nitrogens with zero attached hydrogens (tertiary/aromatic N) is 2. The van der Waals surface area contributed by atoms with Gasteiger partial charge in [-0.05, 0) is 13.8 Å². The molecule has 1 aliphatic rings. The van der Waals surface area contributed by atoms with Crippen LogP contribution < -0.4 is 4.90 Å². The number of carbonyl (C=O) groups excluding carboxylic acids is 1. The zero-order valence-corrected chi connectivity index (χ0v) is 10.0. The van der Waals surface area contributed by atoms with Crippen LogP contribution in [-0.4, -0.2) is 43.4 Å². The summed E-state index contributed by atoms with van der Waals surface area (Å²) >= 11 is 0. The number of rotatable bonds is 3. The van der Waals surface area contributed by atoms with Crippen molar-refractivity contribution in [2.45, 2.75) is 20.0 Å². The fraction of sp³-hybridized carbons (Fsp3) is 0.636. The smallest absolute Gasteiger partial charge is 0.360 e. The summed E-state index contributed by atoms with van der Waals surface area (Å²) in [6.07, 6.45) is 1.47. The summed E-state index contributed by atoms with van der Waals surface area (Å²) < 4.78 is 15.5. The van der Waals surface area contributed by atoms with Crippen LogP contribution in [0.1, 0.15) is 24.3 Å². The van der Waals surface area contributed by atoms with Gasteiger partial charge in [0.25, 0.3) is 6.01 Å². The van der Waals surface area contributed by atoms with Crippen LogP contribution in [0.2, 0.25) is 0 Å². The number of hydrogen-bond acceptors (Lipinski definition) is 6. The molecular formula is C11H16N2O4. The lowest BCUT2D eigenvalue weighted by Gasteiger charge is -2.29. The van der Waals surface area contributed by atoms with Crippen molar-refractivity contribution in [2.24, 2.45) is 0 Å². The standard InChI is InChI=1S/C11H16N2O4/c1-3-15-10(14)9-7-17-11(12-9)13-4-5-16-8(2)6-13/h7-8H,3-6H2,1-2H3. The van der Waals surface area contributed by atoms with Crippen LogP contribution in [0.5, 0.6) is 0 Å². The van der Waals surface area contributed by atoms with Crippen LogP contribution >= 0.6 is 0 Å². The second-order valence-electron chi connectivity index (χ2n) is 3.86. The summed E-state index contributed by atoms with van der Waals surface area (Å²) in [4.78, 5) is 17.5. The minimum absolute atomic E-state index is 0.140. The van der Waals surface area contributed by atoms with Crippen molar-refractivity contribution >= 4 is 12.0 Å². The molecule has 0 bridgehead atoms. The van der Waals surface area contributed by atoms with Crippen molar-refractivity contribution in [3.8, 4) is 0 Å². The molecule has 0 aliphatic carbocycles. The molecule has 1 atom stereocenters. The molecule has 6 nitrogen and oxygen atoms in total. The first-order chi connectivity index (χ1) is 8.20. The van der Waals surface area contributed by atoms with Gasteiger partial charge < -0.3 is 18.8 Å². The highest BCUT2D eigenvalue weighted by Crippen LogP contribution is 2.17. The van der Waals surface area contributed by atoms with Crippen molar-refractivity contribution in [2.75, 3.05) is 31.2 Å². The molecule has 6 heteroatoms. The Balaban J connectivity index is 2.04. The Morgan fingerprint density at radius 3 is 3.24 bits per heavy atom. The molecule has 0 saturated carbocycles. The van der Waals surface area contributed by atoms with Gasteiger partial charge in [-0.2, -0.15) is 4.98 Å². The van der Waals surface area contributed by atoms with Crippen LogP contribution in [0, 0.1) is 0 Å². The van der Waals surface area contributed by atoms with E-state index >= 15 is 0 Å². The monoisotopic (exact) mass is 240 g/mol. The Bertz CT molecular complexity index is 391. The first-order valence-electron chi connectivity index (χ1n) is 5.70. The number of morpholine rings is 1. The number of ether oxygens (including phenoxy) is 2. The minimum Gasteiger partial charge on any atom is -0.461 e. The molecule has 0 spiro atoms. The average Bonchev–Trinajstić information content (AvgIpc) is 2.78. The Hall–Kier alpha value is -1.56. The van der Waals surface area contributed by atoms with Crippen LogP contribution in [0.3, 0.4) is 0 Å². The normalized spacial score (nSPS) is 20.4. The SMILES string of the molecule is CCOC(=O)c1coc(N2CCOC(C)C2)n1. The van der Waals surface area contributed by atoms with Crippen molar-refractivity contribution in [3.63, 3.8) is 0 Å². The van der Waals surface area contributed by atoms with Crippen LogP contribution in [0.15, 0.2) is 10.7 Å². The van der Waals surface area contributed by atoms with Gasteiger partial charge in [0.2, 0.25) is 0 Å². The van der Waals surface area contributed by atoms with Gasteiger partial charge in [-0.15, -0.1) is 0 Å². The molecule has 1 aliphatic heterocycles.